The van der Waals surface area contributed by atoms with Gasteiger partial charge in [-0.15, -0.1) is 0 Å². The number of carbonyl (C=O) groups is 1. The van der Waals surface area contributed by atoms with Crippen molar-refractivity contribution in [1.82, 2.24) is 14.9 Å². The van der Waals surface area contributed by atoms with Gasteiger partial charge in [-0.1, -0.05) is 29.3 Å². The number of rotatable bonds is 4. The Hall–Kier alpha value is -3.08. The Kier molecular flexibility index (Phi) is 6.43. The van der Waals surface area contributed by atoms with Crippen LogP contribution < -0.4 is 13.9 Å². The molecule has 0 spiro atoms. The molecule has 0 aliphatic carbocycles. The van der Waals surface area contributed by atoms with E-state index in [4.69, 9.17) is 27.9 Å². The van der Waals surface area contributed by atoms with Crippen LogP contribution in [0.15, 0.2) is 59.8 Å². The number of piperazine rings is 1. The summed E-state index contributed by atoms with van der Waals surface area (Å²) in [6.07, 6.45) is 3.16. The maximum absolute atomic E-state index is 13.4. The SMILES string of the molecule is O=C(c1cnc2c(c1)N(S(=O)(=O)c1ccc(Cl)c(Cl)c1)CCO2)N1CCN(c2ccccn2)CC1. The van der Waals surface area contributed by atoms with Crippen LogP contribution in [0.25, 0.3) is 0 Å². The molecular formula is C23H21Cl2N5O4S. The highest BCUT2D eigenvalue weighted by Gasteiger charge is 2.33. The standard InChI is InChI=1S/C23H21Cl2N5O4S/c24-18-5-4-17(14-19(18)25)35(32,33)30-11-12-34-22-20(30)13-16(15-27-22)23(31)29-9-7-28(8-10-29)21-3-1-2-6-26-21/h1-6,13-15H,7-12H2. The normalized spacial score (nSPS) is 16.0. The molecule has 35 heavy (non-hydrogen) atoms. The van der Waals surface area contributed by atoms with Crippen LogP contribution in [0.5, 0.6) is 5.88 Å². The summed E-state index contributed by atoms with van der Waals surface area (Å²) in [7, 11) is -3.99. The molecule has 0 N–H and O–H groups in total. The molecule has 12 heteroatoms. The number of hydrogen-bond acceptors (Lipinski definition) is 7. The van der Waals surface area contributed by atoms with E-state index < -0.39 is 10.0 Å². The number of sulfonamides is 1. The average molecular weight is 534 g/mol. The lowest BCUT2D eigenvalue weighted by molar-refractivity contribution is 0.0746. The monoisotopic (exact) mass is 533 g/mol. The fourth-order valence-electron chi connectivity index (χ4n) is 4.07. The lowest BCUT2D eigenvalue weighted by Gasteiger charge is -2.35. The Morgan fingerprint density at radius 3 is 2.46 bits per heavy atom. The third kappa shape index (κ3) is 4.61. The first-order valence-electron chi connectivity index (χ1n) is 10.9. The van der Waals surface area contributed by atoms with E-state index in [-0.39, 0.29) is 51.1 Å². The minimum absolute atomic E-state index is 0.0119. The van der Waals surface area contributed by atoms with Gasteiger partial charge in [0.05, 0.1) is 27.0 Å². The van der Waals surface area contributed by atoms with E-state index in [0.717, 1.165) is 5.82 Å². The molecule has 2 aromatic heterocycles. The van der Waals surface area contributed by atoms with Crippen molar-refractivity contribution in [2.75, 3.05) is 48.5 Å². The zero-order valence-corrected chi connectivity index (χ0v) is 20.8. The average Bonchev–Trinajstić information content (AvgIpc) is 2.89. The summed E-state index contributed by atoms with van der Waals surface area (Å²) in [6, 6.07) is 11.4. The summed E-state index contributed by atoms with van der Waals surface area (Å²) in [6.45, 7) is 2.49. The largest absolute Gasteiger partial charge is 0.474 e. The molecule has 3 aromatic rings. The summed E-state index contributed by atoms with van der Waals surface area (Å²) in [5.41, 5.74) is 0.496. The van der Waals surface area contributed by atoms with Gasteiger partial charge in [0.15, 0.2) is 0 Å². The van der Waals surface area contributed by atoms with E-state index in [0.29, 0.717) is 26.2 Å². The second kappa shape index (κ2) is 9.52. The quantitative estimate of drug-likeness (QED) is 0.507. The fourth-order valence-corrected chi connectivity index (χ4v) is 5.90. The molecule has 4 heterocycles. The van der Waals surface area contributed by atoms with Crippen LogP contribution >= 0.6 is 23.2 Å². The highest BCUT2D eigenvalue weighted by molar-refractivity contribution is 7.92. The van der Waals surface area contributed by atoms with Crippen LogP contribution in [0.1, 0.15) is 10.4 Å². The molecule has 0 saturated carbocycles. The molecule has 1 amide bonds. The van der Waals surface area contributed by atoms with E-state index in [9.17, 15) is 13.2 Å². The minimum atomic E-state index is -3.99. The fraction of sp³-hybridized carbons (Fsp3) is 0.261. The van der Waals surface area contributed by atoms with E-state index in [1.807, 2.05) is 18.2 Å². The zero-order chi connectivity index (χ0) is 24.6. The third-order valence-corrected chi connectivity index (χ3v) is 8.45. The number of nitrogens with zero attached hydrogens (tertiary/aromatic N) is 5. The van der Waals surface area contributed by atoms with E-state index in [1.54, 1.807) is 11.1 Å². The van der Waals surface area contributed by atoms with E-state index in [1.165, 1.54) is 34.8 Å². The van der Waals surface area contributed by atoms with Crippen LogP contribution in [-0.4, -0.2) is 68.5 Å². The van der Waals surface area contributed by atoms with Crippen molar-refractivity contribution in [1.29, 1.82) is 0 Å². The van der Waals surface area contributed by atoms with Gasteiger partial charge in [0.1, 0.15) is 18.1 Å². The Balaban J connectivity index is 1.38. The molecule has 5 rings (SSSR count). The van der Waals surface area contributed by atoms with Crippen LogP contribution in [0.3, 0.4) is 0 Å². The Bertz CT molecular complexity index is 1370. The molecule has 1 saturated heterocycles. The van der Waals surface area contributed by atoms with Gasteiger partial charge in [0.25, 0.3) is 15.9 Å². The second-order valence-corrected chi connectivity index (χ2v) is 10.7. The Morgan fingerprint density at radius 1 is 0.943 bits per heavy atom. The van der Waals surface area contributed by atoms with Crippen molar-refractivity contribution in [3.8, 4) is 5.88 Å². The number of fused-ring (bicyclic) bond motifs is 1. The number of ether oxygens (including phenoxy) is 1. The van der Waals surface area contributed by atoms with Crippen LogP contribution in [-0.2, 0) is 10.0 Å². The summed E-state index contributed by atoms with van der Waals surface area (Å²) < 4.78 is 33.6. The number of amides is 1. The first kappa shape index (κ1) is 23.7. The van der Waals surface area contributed by atoms with Gasteiger partial charge in [-0.25, -0.2) is 18.4 Å². The molecule has 2 aliphatic rings. The van der Waals surface area contributed by atoms with E-state index >= 15 is 0 Å². The van der Waals surface area contributed by atoms with Crippen molar-refractivity contribution in [2.45, 2.75) is 4.90 Å². The van der Waals surface area contributed by atoms with Crippen LogP contribution in [0, 0.1) is 0 Å². The summed E-state index contributed by atoms with van der Waals surface area (Å²) in [4.78, 5) is 25.7. The molecule has 0 unspecified atom stereocenters. The van der Waals surface area contributed by atoms with Crippen molar-refractivity contribution in [2.24, 2.45) is 0 Å². The van der Waals surface area contributed by atoms with Crippen molar-refractivity contribution in [3.63, 3.8) is 0 Å². The number of pyridine rings is 2. The lowest BCUT2D eigenvalue weighted by Crippen LogP contribution is -2.49. The molecule has 2 aliphatic heterocycles. The maximum Gasteiger partial charge on any atom is 0.264 e. The number of hydrogen-bond donors (Lipinski definition) is 0. The first-order chi connectivity index (χ1) is 16.8. The predicted octanol–water partition coefficient (Wildman–Crippen LogP) is 3.33. The van der Waals surface area contributed by atoms with Gasteiger partial charge >= 0.3 is 0 Å². The Labute approximate surface area is 212 Å². The van der Waals surface area contributed by atoms with Crippen molar-refractivity contribution < 1.29 is 17.9 Å². The minimum Gasteiger partial charge on any atom is -0.474 e. The van der Waals surface area contributed by atoms with Crippen molar-refractivity contribution >= 4 is 50.6 Å². The number of benzene rings is 1. The topological polar surface area (TPSA) is 95.9 Å². The second-order valence-electron chi connectivity index (χ2n) is 8.02. The highest BCUT2D eigenvalue weighted by atomic mass is 35.5. The summed E-state index contributed by atoms with van der Waals surface area (Å²) >= 11 is 12.0. The Morgan fingerprint density at radius 2 is 1.74 bits per heavy atom. The van der Waals surface area contributed by atoms with Gasteiger partial charge in [0, 0.05) is 38.6 Å². The molecule has 0 bridgehead atoms. The molecule has 182 valence electrons. The molecule has 0 atom stereocenters. The first-order valence-corrected chi connectivity index (χ1v) is 13.1. The van der Waals surface area contributed by atoms with Gasteiger partial charge in [0.2, 0.25) is 5.88 Å². The smallest absolute Gasteiger partial charge is 0.264 e. The number of halogens is 2. The molecule has 1 aromatic carbocycles. The van der Waals surface area contributed by atoms with Gasteiger partial charge < -0.3 is 14.5 Å². The van der Waals surface area contributed by atoms with Gasteiger partial charge in [-0.05, 0) is 36.4 Å². The summed E-state index contributed by atoms with van der Waals surface area (Å²) in [5, 5.41) is 0.388. The molecule has 9 nitrogen and oxygen atoms in total. The highest BCUT2D eigenvalue weighted by Crippen LogP contribution is 2.36. The number of carbonyl (C=O) groups excluding carboxylic acids is 1. The number of anilines is 2. The summed E-state index contributed by atoms with van der Waals surface area (Å²) in [5.74, 6) is 0.796. The number of aromatic nitrogens is 2. The molecular weight excluding hydrogens is 513 g/mol. The predicted molar refractivity (Wildman–Crippen MR) is 133 cm³/mol. The maximum atomic E-state index is 13.4. The van der Waals surface area contributed by atoms with Gasteiger partial charge in [-0.2, -0.15) is 0 Å². The zero-order valence-electron chi connectivity index (χ0n) is 18.5. The lowest BCUT2D eigenvalue weighted by atomic mass is 10.2. The third-order valence-electron chi connectivity index (χ3n) is 5.90. The molecule has 0 radical (unpaired) electrons. The van der Waals surface area contributed by atoms with E-state index in [2.05, 4.69) is 14.9 Å². The van der Waals surface area contributed by atoms with Crippen molar-refractivity contribution in [3.05, 3.63) is 70.5 Å². The van der Waals surface area contributed by atoms with Crippen LogP contribution in [0.2, 0.25) is 10.0 Å². The van der Waals surface area contributed by atoms with Gasteiger partial charge in [-0.3, -0.25) is 9.10 Å². The van der Waals surface area contributed by atoms with Crippen LogP contribution in [0.4, 0.5) is 11.5 Å². The molecule has 1 fully saturated rings.